The number of carbonyl (C=O) groups is 1. The van der Waals surface area contributed by atoms with Gasteiger partial charge in [0.05, 0.1) is 6.61 Å². The zero-order valence-corrected chi connectivity index (χ0v) is 8.06. The normalized spacial score (nSPS) is 20.2. The second-order valence-corrected chi connectivity index (χ2v) is 2.41. The van der Waals surface area contributed by atoms with E-state index in [1.807, 2.05) is 0 Å². The molecule has 82 valence electrons. The van der Waals surface area contributed by atoms with Crippen LogP contribution in [0.3, 0.4) is 0 Å². The van der Waals surface area contributed by atoms with E-state index in [1.165, 1.54) is 7.11 Å². The average Bonchev–Trinajstić information content (AvgIpc) is 2.46. The van der Waals surface area contributed by atoms with Crippen molar-refractivity contribution in [3.05, 3.63) is 11.5 Å². The molecule has 0 saturated carbocycles. The number of carbonyl (C=O) groups excluding carboxylic acids is 1. The molecule has 1 aliphatic heterocycles. The van der Waals surface area contributed by atoms with Crippen molar-refractivity contribution in [3.8, 4) is 0 Å². The molecule has 1 rings (SSSR count). The van der Waals surface area contributed by atoms with Crippen molar-refractivity contribution in [2.24, 2.45) is 0 Å². The monoisotopic (exact) mass is 206 g/mol. The molecular formula is C8H14O6. The van der Waals surface area contributed by atoms with Gasteiger partial charge in [0, 0.05) is 20.6 Å². The molecule has 1 heterocycles. The Morgan fingerprint density at radius 1 is 1.43 bits per heavy atom. The molecule has 1 aliphatic rings. The molecule has 0 aromatic heterocycles. The third-order valence-electron chi connectivity index (χ3n) is 1.57. The summed E-state index contributed by atoms with van der Waals surface area (Å²) in [4.78, 5) is 10.6. The molecule has 0 bridgehead atoms. The van der Waals surface area contributed by atoms with E-state index in [9.17, 15) is 4.79 Å². The molecule has 0 aromatic rings. The van der Waals surface area contributed by atoms with Crippen LogP contribution in [-0.4, -0.2) is 48.2 Å². The van der Waals surface area contributed by atoms with Crippen molar-refractivity contribution in [2.75, 3.05) is 20.8 Å². The van der Waals surface area contributed by atoms with Gasteiger partial charge >= 0.3 is 5.97 Å². The number of methoxy groups -OCH3 is 1. The lowest BCUT2D eigenvalue weighted by atomic mass is 10.2. The molecule has 0 amide bonds. The smallest absolute Gasteiger partial charge is 0.377 e. The summed E-state index contributed by atoms with van der Waals surface area (Å²) in [6.07, 6.45) is -0.407. The van der Waals surface area contributed by atoms with Crippen molar-refractivity contribution in [1.29, 1.82) is 0 Å². The zero-order valence-electron chi connectivity index (χ0n) is 8.06. The van der Waals surface area contributed by atoms with Gasteiger partial charge in [-0.25, -0.2) is 4.79 Å². The van der Waals surface area contributed by atoms with E-state index in [1.54, 1.807) is 0 Å². The molecule has 0 spiro atoms. The fraction of sp³-hybridized carbons (Fsp3) is 0.625. The predicted molar refractivity (Wildman–Crippen MR) is 46.8 cm³/mol. The zero-order chi connectivity index (χ0) is 11.1. The standard InChI is InChI=1S/C7H10O5.CH4O/c1-11-3-2-4-5(8)6(9)7(10)12-4;1-2/h4,8-9H,2-3H2,1H3;2H,1H3. The molecule has 0 saturated heterocycles. The maximum absolute atomic E-state index is 10.6. The minimum Gasteiger partial charge on any atom is -0.505 e. The number of aliphatic hydroxyl groups excluding tert-OH is 3. The Balaban J connectivity index is 0.000000791. The second-order valence-electron chi connectivity index (χ2n) is 2.41. The van der Waals surface area contributed by atoms with E-state index < -0.39 is 23.6 Å². The molecule has 14 heavy (non-hydrogen) atoms. The number of aliphatic hydroxyl groups is 3. The first-order valence-corrected chi connectivity index (χ1v) is 3.93. The van der Waals surface area contributed by atoms with Crippen LogP contribution in [-0.2, 0) is 14.3 Å². The number of hydrogen-bond donors (Lipinski definition) is 3. The fourth-order valence-electron chi connectivity index (χ4n) is 0.918. The van der Waals surface area contributed by atoms with Crippen LogP contribution >= 0.6 is 0 Å². The van der Waals surface area contributed by atoms with Crippen molar-refractivity contribution in [1.82, 2.24) is 0 Å². The van der Waals surface area contributed by atoms with E-state index in [-0.39, 0.29) is 0 Å². The summed E-state index contributed by atoms with van der Waals surface area (Å²) in [5.41, 5.74) is 0. The van der Waals surface area contributed by atoms with E-state index in [0.717, 1.165) is 7.11 Å². The van der Waals surface area contributed by atoms with Crippen molar-refractivity contribution < 1.29 is 29.6 Å². The van der Waals surface area contributed by atoms with Gasteiger partial charge < -0.3 is 24.8 Å². The SMILES string of the molecule is CO.COCCC1OC(=O)C(O)=C1O. The van der Waals surface area contributed by atoms with E-state index in [4.69, 9.17) is 20.1 Å². The van der Waals surface area contributed by atoms with Crippen LogP contribution in [0.4, 0.5) is 0 Å². The first-order chi connectivity index (χ1) is 6.66. The molecule has 6 heteroatoms. The minimum atomic E-state index is -0.881. The third-order valence-corrected chi connectivity index (χ3v) is 1.57. The van der Waals surface area contributed by atoms with Crippen molar-refractivity contribution in [2.45, 2.75) is 12.5 Å². The fourth-order valence-corrected chi connectivity index (χ4v) is 0.918. The molecule has 0 fully saturated rings. The number of rotatable bonds is 3. The quantitative estimate of drug-likeness (QED) is 0.557. The van der Waals surface area contributed by atoms with Crippen LogP contribution in [0, 0.1) is 0 Å². The van der Waals surface area contributed by atoms with Gasteiger partial charge in [0.1, 0.15) is 0 Å². The van der Waals surface area contributed by atoms with Crippen LogP contribution in [0.2, 0.25) is 0 Å². The van der Waals surface area contributed by atoms with Gasteiger partial charge in [-0.05, 0) is 0 Å². The lowest BCUT2D eigenvalue weighted by molar-refractivity contribution is -0.142. The third kappa shape index (κ3) is 2.90. The summed E-state index contributed by atoms with van der Waals surface area (Å²) in [7, 11) is 2.50. The first-order valence-electron chi connectivity index (χ1n) is 3.93. The summed E-state index contributed by atoms with van der Waals surface area (Å²) < 4.78 is 9.31. The van der Waals surface area contributed by atoms with Gasteiger partial charge in [0.2, 0.25) is 5.76 Å². The molecule has 6 nitrogen and oxygen atoms in total. The van der Waals surface area contributed by atoms with Crippen LogP contribution in [0.5, 0.6) is 0 Å². The van der Waals surface area contributed by atoms with E-state index in [0.29, 0.717) is 13.0 Å². The average molecular weight is 206 g/mol. The van der Waals surface area contributed by atoms with E-state index >= 15 is 0 Å². The highest BCUT2D eigenvalue weighted by molar-refractivity contribution is 5.88. The molecular weight excluding hydrogens is 192 g/mol. The van der Waals surface area contributed by atoms with Crippen LogP contribution in [0.1, 0.15) is 6.42 Å². The second kappa shape index (κ2) is 6.22. The molecule has 0 aliphatic carbocycles. The molecule has 3 N–H and O–H groups in total. The Bertz CT molecular complexity index is 222. The number of esters is 1. The molecule has 0 radical (unpaired) electrons. The van der Waals surface area contributed by atoms with Crippen LogP contribution in [0.15, 0.2) is 11.5 Å². The number of hydrogen-bond acceptors (Lipinski definition) is 6. The summed E-state index contributed by atoms with van der Waals surface area (Å²) in [6.45, 7) is 0.356. The first kappa shape index (κ1) is 12.7. The van der Waals surface area contributed by atoms with Gasteiger partial charge in [-0.15, -0.1) is 0 Å². The number of ether oxygens (including phenoxy) is 2. The Labute approximate surface area is 81.4 Å². The summed E-state index contributed by atoms with van der Waals surface area (Å²) in [5, 5.41) is 24.9. The maximum atomic E-state index is 10.6. The molecule has 1 atom stereocenters. The summed E-state index contributed by atoms with van der Waals surface area (Å²) in [6, 6.07) is 0. The minimum absolute atomic E-state index is 0.345. The topological polar surface area (TPSA) is 96.2 Å². The largest absolute Gasteiger partial charge is 0.505 e. The van der Waals surface area contributed by atoms with Crippen molar-refractivity contribution in [3.63, 3.8) is 0 Å². The Kier molecular flexibility index (Phi) is 5.66. The van der Waals surface area contributed by atoms with Crippen LogP contribution in [0.25, 0.3) is 0 Å². The van der Waals surface area contributed by atoms with Gasteiger partial charge in [0.25, 0.3) is 0 Å². The predicted octanol–water partition coefficient (Wildman–Crippen LogP) is -0.116. The van der Waals surface area contributed by atoms with Gasteiger partial charge in [-0.2, -0.15) is 0 Å². The summed E-state index contributed by atoms with van der Waals surface area (Å²) in [5.74, 6) is -1.98. The molecule has 0 aromatic carbocycles. The Morgan fingerprint density at radius 3 is 2.36 bits per heavy atom. The highest BCUT2D eigenvalue weighted by atomic mass is 16.6. The van der Waals surface area contributed by atoms with Crippen molar-refractivity contribution >= 4 is 5.97 Å². The Morgan fingerprint density at radius 2 is 2.00 bits per heavy atom. The van der Waals surface area contributed by atoms with Gasteiger partial charge in [-0.1, -0.05) is 0 Å². The lowest BCUT2D eigenvalue weighted by Crippen LogP contribution is -2.13. The highest BCUT2D eigenvalue weighted by Gasteiger charge is 2.33. The molecule has 1 unspecified atom stereocenters. The maximum Gasteiger partial charge on any atom is 0.377 e. The summed E-state index contributed by atoms with van der Waals surface area (Å²) >= 11 is 0. The number of cyclic esters (lactones) is 1. The van der Waals surface area contributed by atoms with Gasteiger partial charge in [-0.3, -0.25) is 0 Å². The Hall–Kier alpha value is -1.27. The van der Waals surface area contributed by atoms with E-state index in [2.05, 4.69) is 4.74 Å². The van der Waals surface area contributed by atoms with Crippen LogP contribution < -0.4 is 0 Å². The van der Waals surface area contributed by atoms with Gasteiger partial charge in [0.15, 0.2) is 11.9 Å². The lowest BCUT2D eigenvalue weighted by Gasteiger charge is -2.07. The highest BCUT2D eigenvalue weighted by Crippen LogP contribution is 2.20.